The van der Waals surface area contributed by atoms with E-state index in [0.29, 0.717) is 6.61 Å². The number of carbonyl (C=O) groups is 1. The van der Waals surface area contributed by atoms with E-state index in [1.165, 1.54) is 6.92 Å². The lowest BCUT2D eigenvalue weighted by Crippen LogP contribution is -2.64. The summed E-state index contributed by atoms with van der Waals surface area (Å²) in [6.45, 7) is 2.85. The molecule has 69 heavy (non-hydrogen) atoms. The van der Waals surface area contributed by atoms with Crippen LogP contribution in [-0.4, -0.2) is 87.7 Å². The summed E-state index contributed by atoms with van der Waals surface area (Å²) in [5.74, 6) is -0.503. The van der Waals surface area contributed by atoms with Crippen LogP contribution in [0.1, 0.15) is 40.3 Å². The molecule has 8 rings (SSSR count). The van der Waals surface area contributed by atoms with Crippen LogP contribution in [0.25, 0.3) is 0 Å². The summed E-state index contributed by atoms with van der Waals surface area (Å²) in [5.41, 5.74) is 5.75. The zero-order valence-electron chi connectivity index (χ0n) is 39.1. The Labute approximate surface area is 405 Å². The first-order valence-electron chi connectivity index (χ1n) is 23.5. The lowest BCUT2D eigenvalue weighted by Gasteiger charge is -2.47. The van der Waals surface area contributed by atoms with Crippen LogP contribution in [0.4, 0.5) is 0 Å². The Morgan fingerprint density at radius 1 is 0.377 bits per heavy atom. The molecule has 0 amide bonds. The molecule has 0 radical (unpaired) electrons. The number of methoxy groups -OCH3 is 1. The van der Waals surface area contributed by atoms with Gasteiger partial charge in [-0.3, -0.25) is 4.79 Å². The molecule has 6 aromatic carbocycles. The average Bonchev–Trinajstić information content (AvgIpc) is 3.39. The van der Waals surface area contributed by atoms with Crippen molar-refractivity contribution in [3.05, 3.63) is 215 Å². The smallest absolute Gasteiger partial charge is 0.303 e. The Hall–Kier alpha value is -5.61. The molecular weight excluding hydrogens is 877 g/mol. The number of ether oxygens (including phenoxy) is 11. The number of hydrogen-bond acceptors (Lipinski definition) is 12. The summed E-state index contributed by atoms with van der Waals surface area (Å²) in [5, 5.41) is 0. The van der Waals surface area contributed by atoms with E-state index in [1.807, 2.05) is 182 Å². The zero-order valence-corrected chi connectivity index (χ0v) is 39.1. The largest absolute Gasteiger partial charge is 0.457 e. The molecule has 0 unspecified atom stereocenters. The second kappa shape index (κ2) is 26.4. The number of esters is 1. The maximum Gasteiger partial charge on any atom is 0.303 e. The fourth-order valence-electron chi connectivity index (χ4n) is 8.51. The van der Waals surface area contributed by atoms with Crippen molar-refractivity contribution in [1.29, 1.82) is 0 Å². The quantitative estimate of drug-likeness (QED) is 0.0539. The molecule has 0 spiro atoms. The van der Waals surface area contributed by atoms with Gasteiger partial charge in [0.25, 0.3) is 0 Å². The van der Waals surface area contributed by atoms with E-state index in [4.69, 9.17) is 52.1 Å². The summed E-state index contributed by atoms with van der Waals surface area (Å²) in [7, 11) is 1.59. The fourth-order valence-corrected chi connectivity index (χ4v) is 8.51. The van der Waals surface area contributed by atoms with Gasteiger partial charge in [-0.15, -0.1) is 0 Å². The molecular formula is C57H62O12. The molecule has 12 heteroatoms. The second-order valence-corrected chi connectivity index (χ2v) is 17.0. The third kappa shape index (κ3) is 14.7. The van der Waals surface area contributed by atoms with Crippen molar-refractivity contribution in [2.75, 3.05) is 20.3 Å². The van der Waals surface area contributed by atoms with E-state index in [2.05, 4.69) is 0 Å². The number of carbonyl (C=O) groups excluding carboxylic acids is 1. The van der Waals surface area contributed by atoms with Crippen LogP contribution >= 0.6 is 0 Å². The Bertz CT molecular complexity index is 2350. The minimum absolute atomic E-state index is 0.0492. The molecule has 362 valence electrons. The Morgan fingerprint density at radius 3 is 1.09 bits per heavy atom. The molecule has 6 aromatic rings. The molecule has 0 aliphatic carbocycles. The summed E-state index contributed by atoms with van der Waals surface area (Å²) >= 11 is 0. The summed E-state index contributed by atoms with van der Waals surface area (Å²) in [6.07, 6.45) is -8.45. The molecule has 0 bridgehead atoms. The molecule has 10 atom stereocenters. The van der Waals surface area contributed by atoms with Gasteiger partial charge in [-0.2, -0.15) is 0 Å². The van der Waals surface area contributed by atoms with Crippen molar-refractivity contribution in [3.63, 3.8) is 0 Å². The number of hydrogen-bond donors (Lipinski definition) is 0. The predicted molar refractivity (Wildman–Crippen MR) is 257 cm³/mol. The fraction of sp³-hybridized carbons (Fsp3) is 0.351. The van der Waals surface area contributed by atoms with Gasteiger partial charge >= 0.3 is 5.97 Å². The van der Waals surface area contributed by atoms with Crippen LogP contribution in [0.3, 0.4) is 0 Å². The van der Waals surface area contributed by atoms with Crippen molar-refractivity contribution in [3.8, 4) is 0 Å². The van der Waals surface area contributed by atoms with Crippen LogP contribution in [0.5, 0.6) is 0 Å². The van der Waals surface area contributed by atoms with E-state index in [1.54, 1.807) is 7.11 Å². The zero-order chi connectivity index (χ0) is 47.5. The van der Waals surface area contributed by atoms with Gasteiger partial charge in [0.05, 0.1) is 52.9 Å². The van der Waals surface area contributed by atoms with Crippen molar-refractivity contribution < 1.29 is 56.9 Å². The van der Waals surface area contributed by atoms with Gasteiger partial charge in [0.1, 0.15) is 42.7 Å². The first kappa shape index (κ1) is 49.8. The molecule has 2 aliphatic heterocycles. The predicted octanol–water partition coefficient (Wildman–Crippen LogP) is 9.17. The van der Waals surface area contributed by atoms with Gasteiger partial charge < -0.3 is 52.1 Å². The Morgan fingerprint density at radius 2 is 0.696 bits per heavy atom. The minimum Gasteiger partial charge on any atom is -0.457 e. The van der Waals surface area contributed by atoms with Crippen LogP contribution in [0.15, 0.2) is 182 Å². The molecule has 2 heterocycles. The lowest BCUT2D eigenvalue weighted by molar-refractivity contribution is -0.348. The van der Waals surface area contributed by atoms with Crippen LogP contribution < -0.4 is 0 Å². The van der Waals surface area contributed by atoms with E-state index < -0.39 is 67.4 Å². The van der Waals surface area contributed by atoms with E-state index in [-0.39, 0.29) is 46.2 Å². The normalized spacial score (nSPS) is 24.7. The third-order valence-corrected chi connectivity index (χ3v) is 12.0. The SMILES string of the molecule is CO[C@H]1O[C@H](CO[C@@H]2O[C@H](COCc3ccccc3)[C@@H](OC(C)=O)[C@H](OCc3ccccc3)[C@@H]2OCc2ccccc2)[C@@H](OCc2ccccc2)[C@H](OCc2ccccc2)[C@H]1OCc1ccccc1. The Balaban J connectivity index is 1.12. The summed E-state index contributed by atoms with van der Waals surface area (Å²) in [4.78, 5) is 12.9. The van der Waals surface area contributed by atoms with Gasteiger partial charge in [0.2, 0.25) is 0 Å². The molecule has 12 nitrogen and oxygen atoms in total. The van der Waals surface area contributed by atoms with Gasteiger partial charge in [-0.1, -0.05) is 182 Å². The van der Waals surface area contributed by atoms with Crippen molar-refractivity contribution in [2.24, 2.45) is 0 Å². The Kier molecular flexibility index (Phi) is 19.0. The highest BCUT2D eigenvalue weighted by molar-refractivity contribution is 5.66. The minimum atomic E-state index is -1.08. The first-order valence-corrected chi connectivity index (χ1v) is 23.5. The van der Waals surface area contributed by atoms with Gasteiger partial charge in [-0.25, -0.2) is 0 Å². The van der Waals surface area contributed by atoms with Crippen molar-refractivity contribution in [1.82, 2.24) is 0 Å². The maximum atomic E-state index is 12.9. The topological polar surface area (TPSA) is 119 Å². The molecule has 2 saturated heterocycles. The van der Waals surface area contributed by atoms with Crippen LogP contribution in [0, 0.1) is 0 Å². The highest BCUT2D eigenvalue weighted by Gasteiger charge is 2.53. The van der Waals surface area contributed by atoms with Gasteiger partial charge in [0, 0.05) is 14.0 Å². The first-order chi connectivity index (χ1) is 34.0. The highest BCUT2D eigenvalue weighted by atomic mass is 16.8. The monoisotopic (exact) mass is 938 g/mol. The lowest BCUT2D eigenvalue weighted by atomic mass is 9.97. The van der Waals surface area contributed by atoms with Crippen LogP contribution in [-0.2, 0) is 96.5 Å². The second-order valence-electron chi connectivity index (χ2n) is 17.0. The highest BCUT2D eigenvalue weighted by Crippen LogP contribution is 2.35. The maximum absolute atomic E-state index is 12.9. The van der Waals surface area contributed by atoms with E-state index >= 15 is 0 Å². The third-order valence-electron chi connectivity index (χ3n) is 12.0. The number of rotatable bonds is 24. The molecule has 0 N–H and O–H groups in total. The summed E-state index contributed by atoms with van der Waals surface area (Å²) < 4.78 is 73.1. The van der Waals surface area contributed by atoms with Crippen molar-refractivity contribution in [2.45, 2.75) is 108 Å². The van der Waals surface area contributed by atoms with E-state index in [9.17, 15) is 4.79 Å². The average molecular weight is 939 g/mol. The molecule has 0 aromatic heterocycles. The van der Waals surface area contributed by atoms with Gasteiger partial charge in [-0.05, 0) is 33.4 Å². The number of benzene rings is 6. The van der Waals surface area contributed by atoms with Crippen molar-refractivity contribution >= 4 is 5.97 Å². The summed E-state index contributed by atoms with van der Waals surface area (Å²) in [6, 6.07) is 59.3. The molecule has 2 aliphatic rings. The van der Waals surface area contributed by atoms with E-state index in [0.717, 1.165) is 33.4 Å². The van der Waals surface area contributed by atoms with Gasteiger partial charge in [0.15, 0.2) is 18.7 Å². The standard InChI is InChI=1S/C57H62O12/c1-41(58)67-51-48(39-60-33-42-21-9-3-10-22-42)69-57(55(65-38-47-31-19-8-20-32-47)53(51)63-36-45-27-15-6-16-28-45)66-40-49-50(61-34-43-23-11-4-12-24-43)52(62-35-44-25-13-5-14-26-44)54(56(59-2)68-49)64-37-46-29-17-7-18-30-46/h3-32,48-57H,33-40H2,1-2H3/t48-,49-,50-,51-,52+,53+,54-,55+,56+,57-/m1/s1. The molecule has 0 saturated carbocycles. The van der Waals surface area contributed by atoms with Crippen LogP contribution in [0.2, 0.25) is 0 Å². The molecule has 2 fully saturated rings.